The summed E-state index contributed by atoms with van der Waals surface area (Å²) in [6.45, 7) is 6.27. The third-order valence-corrected chi connectivity index (χ3v) is 2.21. The minimum absolute atomic E-state index is 0.0218. The van der Waals surface area contributed by atoms with E-state index in [1.165, 1.54) is 0 Å². The van der Waals surface area contributed by atoms with Crippen LogP contribution >= 0.6 is 0 Å². The fraction of sp³-hybridized carbons (Fsp3) is 0.545. The fourth-order valence-electron chi connectivity index (χ4n) is 1.18. The molecule has 78 valence electrons. The van der Waals surface area contributed by atoms with Crippen LogP contribution in [0.25, 0.3) is 0 Å². The summed E-state index contributed by atoms with van der Waals surface area (Å²) in [5.74, 6) is 1.22. The van der Waals surface area contributed by atoms with Crippen molar-refractivity contribution in [2.75, 3.05) is 6.54 Å². The maximum absolute atomic E-state index is 11.7. The molecule has 0 amide bonds. The number of hydrogen-bond acceptors (Lipinski definition) is 3. The molecule has 1 rings (SSSR count). The zero-order chi connectivity index (χ0) is 10.8. The minimum atomic E-state index is -0.155. The first-order valence-electron chi connectivity index (χ1n) is 4.74. The molecule has 1 aromatic heterocycles. The largest absolute Gasteiger partial charge is 0.458 e. The Morgan fingerprint density at radius 3 is 2.57 bits per heavy atom. The molecule has 3 heteroatoms. The van der Waals surface area contributed by atoms with E-state index in [4.69, 9.17) is 10.2 Å². The van der Waals surface area contributed by atoms with Crippen LogP contribution in [0.3, 0.4) is 0 Å². The number of furan rings is 1. The van der Waals surface area contributed by atoms with Gasteiger partial charge >= 0.3 is 0 Å². The van der Waals surface area contributed by atoms with Crippen molar-refractivity contribution >= 4 is 5.78 Å². The number of aryl methyl sites for hydroxylation is 1. The average molecular weight is 195 g/mol. The molecule has 0 atom stereocenters. The summed E-state index contributed by atoms with van der Waals surface area (Å²) >= 11 is 0. The van der Waals surface area contributed by atoms with Crippen LogP contribution in [0.15, 0.2) is 16.5 Å². The van der Waals surface area contributed by atoms with Crippen molar-refractivity contribution in [3.8, 4) is 0 Å². The molecule has 0 aliphatic rings. The maximum atomic E-state index is 11.7. The number of carbonyl (C=O) groups is 1. The number of nitrogens with two attached hydrogens (primary N) is 1. The molecule has 14 heavy (non-hydrogen) atoms. The highest BCUT2D eigenvalue weighted by Gasteiger charge is 2.22. The molecule has 0 spiro atoms. The van der Waals surface area contributed by atoms with Crippen LogP contribution in [0.1, 0.15) is 36.6 Å². The molecule has 0 saturated carbocycles. The molecular formula is C11H17NO2. The first kappa shape index (κ1) is 11.0. The van der Waals surface area contributed by atoms with Gasteiger partial charge in [0.1, 0.15) is 5.76 Å². The molecular weight excluding hydrogens is 178 g/mol. The van der Waals surface area contributed by atoms with Crippen LogP contribution in [0.4, 0.5) is 0 Å². The lowest BCUT2D eigenvalue weighted by atomic mass is 9.87. The van der Waals surface area contributed by atoms with Crippen LogP contribution in [0, 0.1) is 12.3 Å². The molecule has 0 saturated heterocycles. The zero-order valence-electron chi connectivity index (χ0n) is 8.96. The Labute approximate surface area is 84.3 Å². The molecule has 0 radical (unpaired) electrons. The summed E-state index contributed by atoms with van der Waals surface area (Å²) in [4.78, 5) is 11.7. The van der Waals surface area contributed by atoms with E-state index in [9.17, 15) is 4.79 Å². The van der Waals surface area contributed by atoms with E-state index in [0.717, 1.165) is 5.76 Å². The average Bonchev–Trinajstić information content (AvgIpc) is 2.51. The van der Waals surface area contributed by atoms with Gasteiger partial charge in [0.15, 0.2) is 11.5 Å². The summed E-state index contributed by atoms with van der Waals surface area (Å²) in [7, 11) is 0. The van der Waals surface area contributed by atoms with E-state index < -0.39 is 0 Å². The second-order valence-corrected chi connectivity index (χ2v) is 4.38. The Hall–Kier alpha value is -1.09. The number of Topliss-reactive ketones (excluding diaryl/α,β-unsaturated/α-hetero) is 1. The summed E-state index contributed by atoms with van der Waals surface area (Å²) in [6.07, 6.45) is 0.427. The third kappa shape index (κ3) is 2.70. The molecule has 2 N–H and O–H groups in total. The monoisotopic (exact) mass is 195 g/mol. The van der Waals surface area contributed by atoms with Crippen molar-refractivity contribution in [1.29, 1.82) is 0 Å². The predicted molar refractivity (Wildman–Crippen MR) is 55.2 cm³/mol. The second kappa shape index (κ2) is 3.96. The molecule has 3 nitrogen and oxygen atoms in total. The first-order valence-corrected chi connectivity index (χ1v) is 4.74. The molecule has 1 heterocycles. The molecule has 0 aliphatic carbocycles. The van der Waals surface area contributed by atoms with Crippen molar-refractivity contribution in [2.24, 2.45) is 11.1 Å². The fourth-order valence-corrected chi connectivity index (χ4v) is 1.18. The van der Waals surface area contributed by atoms with Gasteiger partial charge in [-0.3, -0.25) is 4.79 Å². The lowest BCUT2D eigenvalue weighted by molar-refractivity contribution is 0.0906. The van der Waals surface area contributed by atoms with Gasteiger partial charge < -0.3 is 10.2 Å². The molecule has 0 aromatic carbocycles. The molecule has 0 bridgehead atoms. The van der Waals surface area contributed by atoms with Gasteiger partial charge in [-0.05, 0) is 31.0 Å². The minimum Gasteiger partial charge on any atom is -0.458 e. The maximum Gasteiger partial charge on any atom is 0.198 e. The van der Waals surface area contributed by atoms with Gasteiger partial charge in [0.2, 0.25) is 0 Å². The van der Waals surface area contributed by atoms with E-state index in [1.54, 1.807) is 12.1 Å². The summed E-state index contributed by atoms with van der Waals surface area (Å²) in [5, 5.41) is 0. The highest BCUT2D eigenvalue weighted by atomic mass is 16.3. The van der Waals surface area contributed by atoms with Gasteiger partial charge in [-0.15, -0.1) is 0 Å². The van der Waals surface area contributed by atoms with Gasteiger partial charge in [-0.1, -0.05) is 13.8 Å². The lowest BCUT2D eigenvalue weighted by Gasteiger charge is -2.20. The summed E-state index contributed by atoms with van der Waals surface area (Å²) < 4.78 is 5.25. The Bertz CT molecular complexity index is 326. The van der Waals surface area contributed by atoms with E-state index in [1.807, 2.05) is 20.8 Å². The van der Waals surface area contributed by atoms with Crippen LogP contribution in [-0.4, -0.2) is 12.3 Å². The van der Waals surface area contributed by atoms with Crippen molar-refractivity contribution in [3.63, 3.8) is 0 Å². The van der Waals surface area contributed by atoms with E-state index >= 15 is 0 Å². The van der Waals surface area contributed by atoms with E-state index in [-0.39, 0.29) is 11.2 Å². The number of ketones is 1. The lowest BCUT2D eigenvalue weighted by Crippen LogP contribution is -2.26. The first-order chi connectivity index (χ1) is 6.44. The van der Waals surface area contributed by atoms with Crippen LogP contribution in [0.2, 0.25) is 0 Å². The number of hydrogen-bond donors (Lipinski definition) is 1. The molecule has 0 fully saturated rings. The van der Waals surface area contributed by atoms with Crippen LogP contribution < -0.4 is 5.73 Å². The Morgan fingerprint density at radius 1 is 1.50 bits per heavy atom. The van der Waals surface area contributed by atoms with Crippen LogP contribution in [0.5, 0.6) is 0 Å². The standard InChI is InChI=1S/C11H17NO2/c1-8-4-5-10(14-8)9(13)6-11(2,3)7-12/h4-5H,6-7,12H2,1-3H3. The molecule has 1 aromatic rings. The summed E-state index contributed by atoms with van der Waals surface area (Å²) in [5.41, 5.74) is 5.40. The Kier molecular flexibility index (Phi) is 3.11. The van der Waals surface area contributed by atoms with Gasteiger partial charge in [0, 0.05) is 6.42 Å². The molecule has 0 unspecified atom stereocenters. The topological polar surface area (TPSA) is 56.2 Å². The van der Waals surface area contributed by atoms with Crippen LogP contribution in [-0.2, 0) is 0 Å². The SMILES string of the molecule is Cc1ccc(C(=O)CC(C)(C)CN)o1. The number of rotatable bonds is 4. The highest BCUT2D eigenvalue weighted by Crippen LogP contribution is 2.21. The van der Waals surface area contributed by atoms with Crippen molar-refractivity contribution < 1.29 is 9.21 Å². The molecule has 0 aliphatic heterocycles. The number of carbonyl (C=O) groups excluding carboxylic acids is 1. The normalized spacial score (nSPS) is 11.7. The quantitative estimate of drug-likeness (QED) is 0.749. The van der Waals surface area contributed by atoms with Crippen molar-refractivity contribution in [3.05, 3.63) is 23.7 Å². The van der Waals surface area contributed by atoms with Gasteiger partial charge in [0.25, 0.3) is 0 Å². The Morgan fingerprint density at radius 2 is 2.14 bits per heavy atom. The Balaban J connectivity index is 2.68. The second-order valence-electron chi connectivity index (χ2n) is 4.38. The van der Waals surface area contributed by atoms with Crippen molar-refractivity contribution in [2.45, 2.75) is 27.2 Å². The van der Waals surface area contributed by atoms with Gasteiger partial charge in [-0.25, -0.2) is 0 Å². The van der Waals surface area contributed by atoms with Crippen molar-refractivity contribution in [1.82, 2.24) is 0 Å². The highest BCUT2D eigenvalue weighted by molar-refractivity contribution is 5.93. The smallest absolute Gasteiger partial charge is 0.198 e. The summed E-state index contributed by atoms with van der Waals surface area (Å²) in [6, 6.07) is 3.51. The van der Waals surface area contributed by atoms with Gasteiger partial charge in [0.05, 0.1) is 0 Å². The third-order valence-electron chi connectivity index (χ3n) is 2.21. The van der Waals surface area contributed by atoms with E-state index in [2.05, 4.69) is 0 Å². The predicted octanol–water partition coefficient (Wildman–Crippen LogP) is 2.15. The van der Waals surface area contributed by atoms with Gasteiger partial charge in [-0.2, -0.15) is 0 Å². The zero-order valence-corrected chi connectivity index (χ0v) is 8.96. The van der Waals surface area contributed by atoms with E-state index in [0.29, 0.717) is 18.7 Å².